The molecule has 2 aliphatic rings. The van der Waals surface area contributed by atoms with Crippen molar-refractivity contribution in [2.75, 3.05) is 37.7 Å². The fourth-order valence-corrected chi connectivity index (χ4v) is 4.08. The van der Waals surface area contributed by atoms with Gasteiger partial charge in [0.1, 0.15) is 0 Å². The van der Waals surface area contributed by atoms with Gasteiger partial charge in [0.05, 0.1) is 6.61 Å². The highest BCUT2D eigenvalue weighted by Crippen LogP contribution is 2.41. The van der Waals surface area contributed by atoms with Gasteiger partial charge in [-0.15, -0.1) is 11.3 Å². The molecule has 0 radical (unpaired) electrons. The van der Waals surface area contributed by atoms with E-state index in [9.17, 15) is 4.79 Å². The molecular weight excluding hydrogens is 274 g/mol. The van der Waals surface area contributed by atoms with Crippen LogP contribution >= 0.6 is 11.3 Å². The van der Waals surface area contributed by atoms with Gasteiger partial charge in [-0.3, -0.25) is 4.79 Å². The van der Waals surface area contributed by atoms with Crippen molar-refractivity contribution in [1.29, 1.82) is 0 Å². The molecule has 1 aromatic heterocycles. The molecule has 5 nitrogen and oxygen atoms in total. The highest BCUT2D eigenvalue weighted by Gasteiger charge is 2.41. The molecule has 2 aliphatic heterocycles. The van der Waals surface area contributed by atoms with Crippen LogP contribution in [-0.4, -0.2) is 53.7 Å². The van der Waals surface area contributed by atoms with E-state index in [0.717, 1.165) is 44.0 Å². The number of rotatable bonds is 3. The third kappa shape index (κ3) is 2.67. The Kier molecular flexibility index (Phi) is 3.94. The summed E-state index contributed by atoms with van der Waals surface area (Å²) in [4.78, 5) is 20.4. The van der Waals surface area contributed by atoms with Gasteiger partial charge in [-0.25, -0.2) is 4.98 Å². The number of aliphatic hydroxyl groups excluding tert-OH is 1. The van der Waals surface area contributed by atoms with Crippen molar-refractivity contribution in [3.8, 4) is 0 Å². The van der Waals surface area contributed by atoms with Gasteiger partial charge in [0, 0.05) is 44.2 Å². The van der Waals surface area contributed by atoms with Gasteiger partial charge in [-0.1, -0.05) is 0 Å². The standard InChI is InChI=1S/C14H21N3O2S/c18-9-8-17-11-14(2-1-12(17)19)3-6-16(7-4-14)13-15-5-10-20-13/h5,10,18H,1-4,6-9,11H2. The highest BCUT2D eigenvalue weighted by molar-refractivity contribution is 7.13. The molecule has 1 spiro atoms. The number of carbonyl (C=O) groups is 1. The number of carbonyl (C=O) groups excluding carboxylic acids is 1. The van der Waals surface area contributed by atoms with Gasteiger partial charge in [-0.2, -0.15) is 0 Å². The normalized spacial score (nSPS) is 22.6. The molecule has 0 saturated carbocycles. The molecule has 2 saturated heterocycles. The quantitative estimate of drug-likeness (QED) is 0.914. The maximum atomic E-state index is 11.9. The van der Waals surface area contributed by atoms with Crippen molar-refractivity contribution in [1.82, 2.24) is 9.88 Å². The lowest BCUT2D eigenvalue weighted by Crippen LogP contribution is -2.52. The first-order chi connectivity index (χ1) is 9.72. The predicted molar refractivity (Wildman–Crippen MR) is 78.9 cm³/mol. The van der Waals surface area contributed by atoms with Crippen LogP contribution in [-0.2, 0) is 4.79 Å². The third-order valence-electron chi connectivity index (χ3n) is 4.63. The van der Waals surface area contributed by atoms with Crippen LogP contribution in [0.2, 0.25) is 0 Å². The van der Waals surface area contributed by atoms with Crippen LogP contribution < -0.4 is 4.90 Å². The van der Waals surface area contributed by atoms with E-state index in [2.05, 4.69) is 9.88 Å². The van der Waals surface area contributed by atoms with E-state index in [-0.39, 0.29) is 17.9 Å². The van der Waals surface area contributed by atoms with E-state index in [0.29, 0.717) is 13.0 Å². The van der Waals surface area contributed by atoms with Gasteiger partial charge in [0.15, 0.2) is 5.13 Å². The number of likely N-dealkylation sites (tertiary alicyclic amines) is 1. The van der Waals surface area contributed by atoms with E-state index in [1.54, 1.807) is 11.3 Å². The van der Waals surface area contributed by atoms with Crippen molar-refractivity contribution in [3.63, 3.8) is 0 Å². The molecule has 3 rings (SSSR count). The smallest absolute Gasteiger partial charge is 0.222 e. The summed E-state index contributed by atoms with van der Waals surface area (Å²) in [5, 5.41) is 12.2. The number of β-amino-alcohol motifs (C(OH)–C–C–N with tert-alkyl or cyclic N) is 1. The molecule has 1 N–H and O–H groups in total. The van der Waals surface area contributed by atoms with Crippen LogP contribution in [0.25, 0.3) is 0 Å². The van der Waals surface area contributed by atoms with Gasteiger partial charge in [-0.05, 0) is 24.7 Å². The lowest BCUT2D eigenvalue weighted by molar-refractivity contribution is -0.138. The Bertz CT molecular complexity index is 455. The molecule has 20 heavy (non-hydrogen) atoms. The maximum absolute atomic E-state index is 11.9. The molecule has 1 amide bonds. The average Bonchev–Trinajstić information content (AvgIpc) is 2.99. The number of hydrogen-bond donors (Lipinski definition) is 1. The summed E-state index contributed by atoms with van der Waals surface area (Å²) in [5.41, 5.74) is 0.261. The molecule has 0 atom stereocenters. The van der Waals surface area contributed by atoms with Gasteiger partial charge in [0.2, 0.25) is 5.91 Å². The lowest BCUT2D eigenvalue weighted by Gasteiger charge is -2.47. The zero-order valence-corrected chi connectivity index (χ0v) is 12.4. The Hall–Kier alpha value is -1.14. The first-order valence-electron chi connectivity index (χ1n) is 7.26. The van der Waals surface area contributed by atoms with Crippen LogP contribution in [0.1, 0.15) is 25.7 Å². The minimum Gasteiger partial charge on any atom is -0.395 e. The SMILES string of the molecule is O=C1CCC2(CCN(c3nccs3)CC2)CN1CCO. The number of hydrogen-bond acceptors (Lipinski definition) is 5. The second-order valence-corrected chi connectivity index (χ2v) is 6.71. The largest absolute Gasteiger partial charge is 0.395 e. The zero-order valence-electron chi connectivity index (χ0n) is 11.6. The number of aromatic nitrogens is 1. The van der Waals surface area contributed by atoms with E-state index in [1.165, 1.54) is 0 Å². The summed E-state index contributed by atoms with van der Waals surface area (Å²) in [6, 6.07) is 0. The summed E-state index contributed by atoms with van der Waals surface area (Å²) in [5.74, 6) is 0.201. The Morgan fingerprint density at radius 1 is 1.35 bits per heavy atom. The molecule has 0 bridgehead atoms. The Morgan fingerprint density at radius 2 is 2.15 bits per heavy atom. The number of thiazole rings is 1. The summed E-state index contributed by atoms with van der Waals surface area (Å²) < 4.78 is 0. The minimum absolute atomic E-state index is 0.0626. The number of piperidine rings is 2. The van der Waals surface area contributed by atoms with E-state index >= 15 is 0 Å². The van der Waals surface area contributed by atoms with Crippen molar-refractivity contribution in [2.24, 2.45) is 5.41 Å². The highest BCUT2D eigenvalue weighted by atomic mass is 32.1. The topological polar surface area (TPSA) is 56.7 Å². The summed E-state index contributed by atoms with van der Waals surface area (Å²) in [6.45, 7) is 3.41. The lowest BCUT2D eigenvalue weighted by atomic mass is 9.72. The molecule has 0 unspecified atom stereocenters. The zero-order chi connectivity index (χ0) is 14.0. The van der Waals surface area contributed by atoms with Crippen molar-refractivity contribution in [3.05, 3.63) is 11.6 Å². The number of nitrogens with zero attached hydrogens (tertiary/aromatic N) is 3. The number of aliphatic hydroxyl groups is 1. The monoisotopic (exact) mass is 295 g/mol. The fourth-order valence-electron chi connectivity index (χ4n) is 3.38. The fraction of sp³-hybridized carbons (Fsp3) is 0.714. The Balaban J connectivity index is 1.62. The van der Waals surface area contributed by atoms with E-state index < -0.39 is 0 Å². The summed E-state index contributed by atoms with van der Waals surface area (Å²) in [7, 11) is 0. The van der Waals surface area contributed by atoms with Crippen molar-refractivity contribution < 1.29 is 9.90 Å². The molecule has 1 aromatic rings. The predicted octanol–water partition coefficient (Wildman–Crippen LogP) is 1.34. The van der Waals surface area contributed by atoms with Crippen LogP contribution in [0.4, 0.5) is 5.13 Å². The van der Waals surface area contributed by atoms with Crippen LogP contribution in [0.5, 0.6) is 0 Å². The summed E-state index contributed by atoms with van der Waals surface area (Å²) in [6.07, 6.45) is 5.72. The van der Waals surface area contributed by atoms with Gasteiger partial charge < -0.3 is 14.9 Å². The van der Waals surface area contributed by atoms with Crippen molar-refractivity contribution >= 4 is 22.4 Å². The molecule has 110 valence electrons. The van der Waals surface area contributed by atoms with Crippen LogP contribution in [0.15, 0.2) is 11.6 Å². The number of amides is 1. The minimum atomic E-state index is 0.0626. The maximum Gasteiger partial charge on any atom is 0.222 e. The van der Waals surface area contributed by atoms with Crippen molar-refractivity contribution in [2.45, 2.75) is 25.7 Å². The Morgan fingerprint density at radius 3 is 2.80 bits per heavy atom. The molecule has 0 aliphatic carbocycles. The molecular formula is C14H21N3O2S. The van der Waals surface area contributed by atoms with Crippen LogP contribution in [0.3, 0.4) is 0 Å². The first-order valence-corrected chi connectivity index (χ1v) is 8.13. The van der Waals surface area contributed by atoms with E-state index in [1.807, 2.05) is 16.5 Å². The summed E-state index contributed by atoms with van der Waals surface area (Å²) >= 11 is 1.69. The first kappa shape index (κ1) is 13.8. The van der Waals surface area contributed by atoms with Crippen LogP contribution in [0, 0.1) is 5.41 Å². The second-order valence-electron chi connectivity index (χ2n) is 5.84. The molecule has 0 aromatic carbocycles. The second kappa shape index (κ2) is 5.69. The molecule has 6 heteroatoms. The molecule has 2 fully saturated rings. The van der Waals surface area contributed by atoms with Gasteiger partial charge in [0.25, 0.3) is 0 Å². The Labute approximate surface area is 123 Å². The number of anilines is 1. The third-order valence-corrected chi connectivity index (χ3v) is 5.46. The average molecular weight is 295 g/mol. The van der Waals surface area contributed by atoms with Gasteiger partial charge >= 0.3 is 0 Å². The van der Waals surface area contributed by atoms with E-state index in [4.69, 9.17) is 5.11 Å². The molecule has 3 heterocycles.